The summed E-state index contributed by atoms with van der Waals surface area (Å²) in [5, 5.41) is 0. The van der Waals surface area contributed by atoms with Crippen LogP contribution in [0.25, 0.3) is 0 Å². The van der Waals surface area contributed by atoms with E-state index < -0.39 is 0 Å². The molecule has 1 aromatic carbocycles. The Morgan fingerprint density at radius 3 is 3.06 bits per heavy atom. The van der Waals surface area contributed by atoms with Gasteiger partial charge in [0.2, 0.25) is 6.79 Å². The van der Waals surface area contributed by atoms with E-state index in [9.17, 15) is 4.79 Å². The van der Waals surface area contributed by atoms with Gasteiger partial charge < -0.3 is 19.0 Å². The maximum atomic E-state index is 10.4. The van der Waals surface area contributed by atoms with Gasteiger partial charge >= 0.3 is 0 Å². The van der Waals surface area contributed by atoms with Gasteiger partial charge in [-0.25, -0.2) is 0 Å². The van der Waals surface area contributed by atoms with Gasteiger partial charge in [-0.3, -0.25) is 0 Å². The summed E-state index contributed by atoms with van der Waals surface area (Å²) < 4.78 is 15.8. The van der Waals surface area contributed by atoms with Crippen LogP contribution >= 0.6 is 0 Å². The highest BCUT2D eigenvalue weighted by atomic mass is 16.7. The fourth-order valence-electron chi connectivity index (χ4n) is 1.84. The van der Waals surface area contributed by atoms with Gasteiger partial charge in [-0.05, 0) is 18.1 Å². The highest BCUT2D eigenvalue weighted by Gasteiger charge is 2.20. The molecule has 2 rings (SSSR count). The lowest BCUT2D eigenvalue weighted by atomic mass is 10.0. The second-order valence-corrected chi connectivity index (χ2v) is 3.58. The number of rotatable bonds is 5. The van der Waals surface area contributed by atoms with E-state index in [1.165, 1.54) is 0 Å². The molecule has 16 heavy (non-hydrogen) atoms. The smallest absolute Gasteiger partial charge is 0.231 e. The molecule has 0 aromatic heterocycles. The molecule has 0 atom stereocenters. The first-order valence-electron chi connectivity index (χ1n) is 5.19. The summed E-state index contributed by atoms with van der Waals surface area (Å²) in [7, 11) is 1.65. The fraction of sp³-hybridized carbons (Fsp3) is 0.417. The second kappa shape index (κ2) is 4.99. The molecule has 4 heteroatoms. The molecule has 0 saturated carbocycles. The molecule has 1 aliphatic rings. The molecule has 4 nitrogen and oxygen atoms in total. The molecule has 0 radical (unpaired) electrons. The predicted molar refractivity (Wildman–Crippen MR) is 57.7 cm³/mol. The van der Waals surface area contributed by atoms with Crippen LogP contribution in [-0.2, 0) is 22.6 Å². The van der Waals surface area contributed by atoms with Gasteiger partial charge in [-0.15, -0.1) is 0 Å². The largest absolute Gasteiger partial charge is 0.454 e. The maximum absolute atomic E-state index is 10.4. The van der Waals surface area contributed by atoms with Gasteiger partial charge in [0.25, 0.3) is 0 Å². The van der Waals surface area contributed by atoms with E-state index >= 15 is 0 Å². The summed E-state index contributed by atoms with van der Waals surface area (Å²) in [4.78, 5) is 10.4. The molecule has 0 saturated heterocycles. The average Bonchev–Trinajstić information content (AvgIpc) is 2.76. The summed E-state index contributed by atoms with van der Waals surface area (Å²) >= 11 is 0. The standard InChI is InChI=1S/C12H14O4/c1-14-7-9-4-5-11-12(16-8-15-11)10(9)3-2-6-13/h4-6H,2-3,7-8H2,1H3. The Labute approximate surface area is 94.1 Å². The molecular formula is C12H14O4. The van der Waals surface area contributed by atoms with E-state index in [1.54, 1.807) is 7.11 Å². The first-order valence-corrected chi connectivity index (χ1v) is 5.19. The number of benzene rings is 1. The maximum Gasteiger partial charge on any atom is 0.231 e. The molecule has 1 heterocycles. The third-order valence-corrected chi connectivity index (χ3v) is 2.55. The van der Waals surface area contributed by atoms with Crippen LogP contribution in [0.3, 0.4) is 0 Å². The van der Waals surface area contributed by atoms with Crippen molar-refractivity contribution in [3.63, 3.8) is 0 Å². The van der Waals surface area contributed by atoms with Gasteiger partial charge in [0, 0.05) is 19.1 Å². The third-order valence-electron chi connectivity index (χ3n) is 2.55. The zero-order valence-corrected chi connectivity index (χ0v) is 9.19. The number of ether oxygens (including phenoxy) is 3. The van der Waals surface area contributed by atoms with E-state index in [2.05, 4.69) is 0 Å². The molecule has 0 fully saturated rings. The zero-order valence-electron chi connectivity index (χ0n) is 9.19. The summed E-state index contributed by atoms with van der Waals surface area (Å²) in [5.74, 6) is 1.51. The topological polar surface area (TPSA) is 44.8 Å². The van der Waals surface area contributed by atoms with Crippen molar-refractivity contribution in [2.45, 2.75) is 19.4 Å². The molecule has 0 unspecified atom stereocenters. The van der Waals surface area contributed by atoms with Crippen LogP contribution in [0.4, 0.5) is 0 Å². The van der Waals surface area contributed by atoms with Crippen molar-refractivity contribution < 1.29 is 19.0 Å². The third kappa shape index (κ3) is 2.02. The molecule has 1 aliphatic heterocycles. The van der Waals surface area contributed by atoms with E-state index in [4.69, 9.17) is 14.2 Å². The average molecular weight is 222 g/mol. The molecule has 0 aliphatic carbocycles. The van der Waals surface area contributed by atoms with Crippen LogP contribution in [0, 0.1) is 0 Å². The van der Waals surface area contributed by atoms with Crippen LogP contribution < -0.4 is 9.47 Å². The Bertz CT molecular complexity index is 387. The number of aldehydes is 1. The SMILES string of the molecule is COCc1ccc2c(c1CCC=O)OCO2. The molecule has 1 aromatic rings. The number of methoxy groups -OCH3 is 1. The first kappa shape index (κ1) is 11.0. The summed E-state index contributed by atoms with van der Waals surface area (Å²) in [6.45, 7) is 0.769. The summed E-state index contributed by atoms with van der Waals surface area (Å²) in [5.41, 5.74) is 2.07. The summed E-state index contributed by atoms with van der Waals surface area (Å²) in [6, 6.07) is 3.83. The molecule has 0 amide bonds. The zero-order chi connectivity index (χ0) is 11.4. The van der Waals surface area contributed by atoms with Crippen LogP contribution in [-0.4, -0.2) is 20.2 Å². The van der Waals surface area contributed by atoms with Crippen LogP contribution in [0.5, 0.6) is 11.5 Å². The Morgan fingerprint density at radius 2 is 2.31 bits per heavy atom. The monoisotopic (exact) mass is 222 g/mol. The molecular weight excluding hydrogens is 208 g/mol. The van der Waals surface area contributed by atoms with Crippen LogP contribution in [0.15, 0.2) is 12.1 Å². The van der Waals surface area contributed by atoms with Gasteiger partial charge in [-0.2, -0.15) is 0 Å². The Morgan fingerprint density at radius 1 is 1.44 bits per heavy atom. The quantitative estimate of drug-likeness (QED) is 0.711. The number of hydrogen-bond donors (Lipinski definition) is 0. The van der Waals surface area contributed by atoms with Crippen molar-refractivity contribution in [2.75, 3.05) is 13.9 Å². The minimum atomic E-state index is 0.250. The summed E-state index contributed by atoms with van der Waals surface area (Å²) in [6.07, 6.45) is 2.05. The van der Waals surface area contributed by atoms with Crippen LogP contribution in [0.1, 0.15) is 17.5 Å². The highest BCUT2D eigenvalue weighted by molar-refractivity contribution is 5.55. The van der Waals surface area contributed by atoms with E-state index in [0.29, 0.717) is 19.4 Å². The highest BCUT2D eigenvalue weighted by Crippen LogP contribution is 2.38. The normalized spacial score (nSPS) is 12.8. The minimum absolute atomic E-state index is 0.250. The number of carbonyl (C=O) groups excluding carboxylic acids is 1. The molecule has 0 spiro atoms. The lowest BCUT2D eigenvalue weighted by Crippen LogP contribution is -1.99. The van der Waals surface area contributed by atoms with Gasteiger partial charge in [0.05, 0.1) is 6.61 Å². The Kier molecular flexibility index (Phi) is 3.41. The second-order valence-electron chi connectivity index (χ2n) is 3.58. The van der Waals surface area contributed by atoms with E-state index in [1.807, 2.05) is 12.1 Å². The Hall–Kier alpha value is -1.55. The number of fused-ring (bicyclic) bond motifs is 1. The van der Waals surface area contributed by atoms with E-state index in [0.717, 1.165) is 28.9 Å². The van der Waals surface area contributed by atoms with Gasteiger partial charge in [-0.1, -0.05) is 6.07 Å². The number of carbonyl (C=O) groups is 1. The fourth-order valence-corrected chi connectivity index (χ4v) is 1.84. The van der Waals surface area contributed by atoms with Crippen molar-refractivity contribution in [3.05, 3.63) is 23.3 Å². The van der Waals surface area contributed by atoms with Gasteiger partial charge in [0.1, 0.15) is 6.29 Å². The van der Waals surface area contributed by atoms with Crippen molar-refractivity contribution in [3.8, 4) is 11.5 Å². The number of hydrogen-bond acceptors (Lipinski definition) is 4. The predicted octanol–water partition coefficient (Wildman–Crippen LogP) is 1.69. The minimum Gasteiger partial charge on any atom is -0.454 e. The molecule has 86 valence electrons. The van der Waals surface area contributed by atoms with Crippen molar-refractivity contribution >= 4 is 6.29 Å². The van der Waals surface area contributed by atoms with Gasteiger partial charge in [0.15, 0.2) is 11.5 Å². The lowest BCUT2D eigenvalue weighted by molar-refractivity contribution is -0.107. The molecule has 0 N–H and O–H groups in total. The van der Waals surface area contributed by atoms with Crippen molar-refractivity contribution in [1.82, 2.24) is 0 Å². The Balaban J connectivity index is 2.34. The van der Waals surface area contributed by atoms with Crippen molar-refractivity contribution in [2.24, 2.45) is 0 Å². The first-order chi connectivity index (χ1) is 7.86. The van der Waals surface area contributed by atoms with Crippen molar-refractivity contribution in [1.29, 1.82) is 0 Å². The molecule has 0 bridgehead atoms. The van der Waals surface area contributed by atoms with E-state index in [-0.39, 0.29) is 6.79 Å². The van der Waals surface area contributed by atoms with Crippen LogP contribution in [0.2, 0.25) is 0 Å². The lowest BCUT2D eigenvalue weighted by Gasteiger charge is -2.10.